The zero-order valence-electron chi connectivity index (χ0n) is 11.0. The molecule has 0 amide bonds. The number of anilines is 1. The van der Waals surface area contributed by atoms with Crippen molar-refractivity contribution >= 4 is 5.69 Å². The number of alkyl halides is 3. The van der Waals surface area contributed by atoms with Gasteiger partial charge in [0, 0.05) is 24.3 Å². The van der Waals surface area contributed by atoms with Crippen molar-refractivity contribution in [3.63, 3.8) is 0 Å². The first-order valence-electron chi connectivity index (χ1n) is 6.29. The molecule has 0 fully saturated rings. The first kappa shape index (κ1) is 15.3. The highest BCUT2D eigenvalue weighted by atomic mass is 19.4. The van der Waals surface area contributed by atoms with E-state index in [0.29, 0.717) is 5.56 Å². The molecule has 0 aromatic heterocycles. The van der Waals surface area contributed by atoms with Gasteiger partial charge in [-0.25, -0.2) is 4.39 Å². The molecule has 3 N–H and O–H groups in total. The van der Waals surface area contributed by atoms with E-state index in [1.54, 1.807) is 6.07 Å². The third-order valence-electron chi connectivity index (χ3n) is 3.05. The fourth-order valence-electron chi connectivity index (χ4n) is 1.94. The van der Waals surface area contributed by atoms with E-state index in [1.165, 1.54) is 30.3 Å². The molecule has 2 rings (SSSR count). The van der Waals surface area contributed by atoms with Gasteiger partial charge < -0.3 is 11.1 Å². The smallest absolute Gasteiger partial charge is 0.380 e. The predicted molar refractivity (Wildman–Crippen MR) is 73.1 cm³/mol. The summed E-state index contributed by atoms with van der Waals surface area (Å²) in [5.41, 5.74) is 5.46. The molecule has 0 aliphatic heterocycles. The van der Waals surface area contributed by atoms with Gasteiger partial charge in [0.05, 0.1) is 5.56 Å². The molecule has 2 aromatic carbocycles. The molecular formula is C15H14F4N2. The molecule has 0 spiro atoms. The molecule has 2 aromatic rings. The van der Waals surface area contributed by atoms with Crippen molar-refractivity contribution < 1.29 is 17.6 Å². The molecule has 0 atom stereocenters. The molecule has 0 radical (unpaired) electrons. The Bertz CT molecular complexity index is 623. The molecule has 112 valence electrons. The number of para-hydroxylation sites is 1. The maximum absolute atomic E-state index is 13.8. The van der Waals surface area contributed by atoms with Gasteiger partial charge >= 0.3 is 6.18 Å². The highest BCUT2D eigenvalue weighted by molar-refractivity contribution is 5.52. The Hall–Kier alpha value is -2.08. The minimum atomic E-state index is -4.45. The second-order valence-electron chi connectivity index (χ2n) is 4.53. The highest BCUT2D eigenvalue weighted by Crippen LogP contribution is 2.34. The Balaban J connectivity index is 2.17. The zero-order valence-corrected chi connectivity index (χ0v) is 11.0. The summed E-state index contributed by atoms with van der Waals surface area (Å²) in [5, 5.41) is 2.62. The van der Waals surface area contributed by atoms with Gasteiger partial charge in [-0.1, -0.05) is 24.3 Å². The van der Waals surface area contributed by atoms with E-state index < -0.39 is 17.6 Å². The van der Waals surface area contributed by atoms with Crippen LogP contribution in [-0.4, -0.2) is 0 Å². The summed E-state index contributed by atoms with van der Waals surface area (Å²) in [6.07, 6.45) is -4.45. The number of rotatable bonds is 4. The van der Waals surface area contributed by atoms with Crippen LogP contribution in [-0.2, 0) is 19.3 Å². The maximum Gasteiger partial charge on any atom is 0.418 e. The molecule has 0 aliphatic carbocycles. The average molecular weight is 298 g/mol. The van der Waals surface area contributed by atoms with Crippen molar-refractivity contribution in [2.24, 2.45) is 5.73 Å². The molecule has 0 saturated carbocycles. The first-order valence-corrected chi connectivity index (χ1v) is 6.29. The summed E-state index contributed by atoms with van der Waals surface area (Å²) in [6.45, 7) is 0.172. The van der Waals surface area contributed by atoms with Crippen LogP contribution < -0.4 is 11.1 Å². The Kier molecular flexibility index (Phi) is 4.47. The summed E-state index contributed by atoms with van der Waals surface area (Å²) in [7, 11) is 0. The van der Waals surface area contributed by atoms with E-state index >= 15 is 0 Å². The minimum absolute atomic E-state index is 0.0379. The second-order valence-corrected chi connectivity index (χ2v) is 4.53. The van der Waals surface area contributed by atoms with E-state index in [-0.39, 0.29) is 24.3 Å². The lowest BCUT2D eigenvalue weighted by Crippen LogP contribution is -2.11. The number of hydrogen-bond acceptors (Lipinski definition) is 2. The number of nitrogens with one attached hydrogen (secondary N) is 1. The summed E-state index contributed by atoms with van der Waals surface area (Å²) in [4.78, 5) is 0. The largest absolute Gasteiger partial charge is 0.418 e. The van der Waals surface area contributed by atoms with Crippen LogP contribution in [0.3, 0.4) is 0 Å². The monoisotopic (exact) mass is 298 g/mol. The van der Waals surface area contributed by atoms with E-state index in [1.807, 2.05) is 0 Å². The fraction of sp³-hybridized carbons (Fsp3) is 0.200. The van der Waals surface area contributed by atoms with Crippen molar-refractivity contribution in [2.45, 2.75) is 19.3 Å². The van der Waals surface area contributed by atoms with Crippen LogP contribution >= 0.6 is 0 Å². The summed E-state index contributed by atoms with van der Waals surface area (Å²) in [5.74, 6) is -0.491. The first-order chi connectivity index (χ1) is 9.91. The van der Waals surface area contributed by atoms with Crippen LogP contribution in [0, 0.1) is 5.82 Å². The van der Waals surface area contributed by atoms with E-state index in [4.69, 9.17) is 5.73 Å². The number of nitrogens with two attached hydrogens (primary N) is 1. The fourth-order valence-corrected chi connectivity index (χ4v) is 1.94. The van der Waals surface area contributed by atoms with Gasteiger partial charge in [-0.05, 0) is 23.8 Å². The third kappa shape index (κ3) is 3.72. The zero-order chi connectivity index (χ0) is 15.5. The molecule has 6 heteroatoms. The van der Waals surface area contributed by atoms with Crippen molar-refractivity contribution in [3.8, 4) is 0 Å². The summed E-state index contributed by atoms with van der Waals surface area (Å²) in [6, 6.07) is 9.55. The lowest BCUT2D eigenvalue weighted by molar-refractivity contribution is -0.136. The Labute approximate surface area is 119 Å². The summed E-state index contributed by atoms with van der Waals surface area (Å²) < 4.78 is 52.2. The Morgan fingerprint density at radius 1 is 1.05 bits per heavy atom. The molecule has 0 aliphatic rings. The van der Waals surface area contributed by atoms with Crippen LogP contribution in [0.4, 0.5) is 23.2 Å². The van der Waals surface area contributed by atoms with Crippen LogP contribution in [0.15, 0.2) is 42.5 Å². The van der Waals surface area contributed by atoms with Crippen molar-refractivity contribution in [1.82, 2.24) is 0 Å². The molecule has 2 nitrogen and oxygen atoms in total. The topological polar surface area (TPSA) is 38.0 Å². The molecule has 0 saturated heterocycles. The number of halogens is 4. The van der Waals surface area contributed by atoms with Gasteiger partial charge in [0.1, 0.15) is 5.82 Å². The lowest BCUT2D eigenvalue weighted by atomic mass is 10.1. The summed E-state index contributed by atoms with van der Waals surface area (Å²) >= 11 is 0. The van der Waals surface area contributed by atoms with Crippen LogP contribution in [0.1, 0.15) is 16.7 Å². The Morgan fingerprint density at radius 3 is 2.38 bits per heavy atom. The molecule has 0 unspecified atom stereocenters. The normalized spacial score (nSPS) is 11.5. The van der Waals surface area contributed by atoms with Crippen molar-refractivity contribution in [3.05, 3.63) is 65.0 Å². The van der Waals surface area contributed by atoms with E-state index in [0.717, 1.165) is 6.07 Å². The molecular weight excluding hydrogens is 284 g/mol. The average Bonchev–Trinajstić information content (AvgIpc) is 2.45. The van der Waals surface area contributed by atoms with Crippen LogP contribution in [0.25, 0.3) is 0 Å². The number of hydrogen-bond donors (Lipinski definition) is 2. The lowest BCUT2D eigenvalue weighted by Gasteiger charge is -2.14. The van der Waals surface area contributed by atoms with Gasteiger partial charge in [-0.15, -0.1) is 0 Å². The predicted octanol–water partition coefficient (Wildman–Crippen LogP) is 3.92. The maximum atomic E-state index is 13.8. The van der Waals surface area contributed by atoms with Crippen LogP contribution in [0.5, 0.6) is 0 Å². The Morgan fingerprint density at radius 2 is 1.76 bits per heavy atom. The molecule has 0 bridgehead atoms. The quantitative estimate of drug-likeness (QED) is 0.840. The standard InChI is InChI=1S/C15H14F4N2/c16-13-7-10(8-20)5-6-11(13)9-21-14-4-2-1-3-12(14)15(17,18)19/h1-7,21H,8-9,20H2. The third-order valence-corrected chi connectivity index (χ3v) is 3.05. The van der Waals surface area contributed by atoms with Crippen molar-refractivity contribution in [2.75, 3.05) is 5.32 Å². The van der Waals surface area contributed by atoms with Gasteiger partial charge in [0.15, 0.2) is 0 Å². The molecule has 0 heterocycles. The second kappa shape index (κ2) is 6.13. The van der Waals surface area contributed by atoms with Gasteiger partial charge in [0.2, 0.25) is 0 Å². The van der Waals surface area contributed by atoms with Crippen LogP contribution in [0.2, 0.25) is 0 Å². The SMILES string of the molecule is NCc1ccc(CNc2ccccc2C(F)(F)F)c(F)c1. The van der Waals surface area contributed by atoms with E-state index in [2.05, 4.69) is 5.32 Å². The number of benzene rings is 2. The van der Waals surface area contributed by atoms with E-state index in [9.17, 15) is 17.6 Å². The van der Waals surface area contributed by atoms with Gasteiger partial charge in [-0.2, -0.15) is 13.2 Å². The van der Waals surface area contributed by atoms with Gasteiger partial charge in [-0.3, -0.25) is 0 Å². The molecule has 21 heavy (non-hydrogen) atoms. The minimum Gasteiger partial charge on any atom is -0.380 e. The van der Waals surface area contributed by atoms with Crippen molar-refractivity contribution in [1.29, 1.82) is 0 Å². The highest BCUT2D eigenvalue weighted by Gasteiger charge is 2.33. The van der Waals surface area contributed by atoms with Gasteiger partial charge in [0.25, 0.3) is 0 Å².